The highest BCUT2D eigenvalue weighted by Gasteiger charge is 2.00. The van der Waals surface area contributed by atoms with Crippen LogP contribution in [0.5, 0.6) is 0 Å². The Kier molecular flexibility index (Phi) is 3.15. The molecule has 0 unspecified atom stereocenters. The molecule has 0 saturated carbocycles. The van der Waals surface area contributed by atoms with Crippen molar-refractivity contribution in [2.45, 2.75) is 6.54 Å². The second kappa shape index (κ2) is 4.93. The van der Waals surface area contributed by atoms with Gasteiger partial charge in [0.15, 0.2) is 6.07 Å². The molecule has 0 atom stereocenters. The first-order chi connectivity index (χ1) is 8.33. The molecular formula is C12H9N5. The predicted octanol–water partition coefficient (Wildman–Crippen LogP) is 0.601. The minimum Gasteiger partial charge on any atom is -0.325 e. The Bertz CT molecular complexity index is 607. The van der Waals surface area contributed by atoms with E-state index in [2.05, 4.69) is 22.2 Å². The summed E-state index contributed by atoms with van der Waals surface area (Å²) in [5, 5.41) is 16.2. The summed E-state index contributed by atoms with van der Waals surface area (Å²) >= 11 is 0. The second-order valence-corrected chi connectivity index (χ2v) is 3.27. The molecule has 82 valence electrons. The number of nitrogens with two attached hydrogens (primary N) is 1. The Morgan fingerprint density at radius 3 is 2.65 bits per heavy atom. The average Bonchev–Trinajstić information content (AvgIpc) is 2.86. The molecule has 0 fully saturated rings. The largest absolute Gasteiger partial charge is 0.325 e. The quantitative estimate of drug-likeness (QED) is 0.756. The van der Waals surface area contributed by atoms with Gasteiger partial charge in [-0.15, -0.1) is 5.10 Å². The summed E-state index contributed by atoms with van der Waals surface area (Å²) in [4.78, 5) is 0. The lowest BCUT2D eigenvalue weighted by molar-refractivity contribution is 0.796. The van der Waals surface area contributed by atoms with Gasteiger partial charge in [0.2, 0.25) is 0 Å². The Balaban J connectivity index is 2.26. The van der Waals surface area contributed by atoms with Gasteiger partial charge in [-0.05, 0) is 24.3 Å². The number of nitriles is 1. The normalized spacial score (nSPS) is 9.18. The van der Waals surface area contributed by atoms with Gasteiger partial charge in [-0.2, -0.15) is 5.26 Å². The maximum Gasteiger partial charge on any atom is 0.152 e. The summed E-state index contributed by atoms with van der Waals surface area (Å²) in [5.41, 5.74) is 7.85. The molecule has 17 heavy (non-hydrogen) atoms. The maximum absolute atomic E-state index is 8.33. The van der Waals surface area contributed by atoms with Crippen molar-refractivity contribution < 1.29 is 0 Å². The Hall–Kier alpha value is -2.63. The fourth-order valence-electron chi connectivity index (χ4n) is 1.32. The summed E-state index contributed by atoms with van der Waals surface area (Å²) in [7, 11) is 0. The molecule has 0 saturated heterocycles. The van der Waals surface area contributed by atoms with E-state index < -0.39 is 0 Å². The van der Waals surface area contributed by atoms with Crippen LogP contribution in [0.4, 0.5) is 0 Å². The molecule has 0 aliphatic heterocycles. The topological polar surface area (TPSA) is 80.5 Å². The van der Waals surface area contributed by atoms with E-state index in [9.17, 15) is 0 Å². The van der Waals surface area contributed by atoms with Gasteiger partial charge in [0.25, 0.3) is 0 Å². The second-order valence-electron chi connectivity index (χ2n) is 3.27. The molecule has 0 amide bonds. The lowest BCUT2D eigenvalue weighted by atomic mass is 10.2. The molecule has 1 aromatic carbocycles. The van der Waals surface area contributed by atoms with E-state index in [1.807, 2.05) is 24.3 Å². The van der Waals surface area contributed by atoms with Gasteiger partial charge in [0.05, 0.1) is 17.6 Å². The van der Waals surface area contributed by atoms with E-state index in [-0.39, 0.29) is 0 Å². The van der Waals surface area contributed by atoms with Crippen LogP contribution < -0.4 is 5.73 Å². The summed E-state index contributed by atoms with van der Waals surface area (Å²) in [6.45, 7) is 0.367. The summed E-state index contributed by atoms with van der Waals surface area (Å²) in [5.74, 6) is 5.05. The molecule has 0 aliphatic rings. The number of hydrogen-bond acceptors (Lipinski definition) is 4. The van der Waals surface area contributed by atoms with Crippen molar-refractivity contribution in [3.05, 3.63) is 41.7 Å². The van der Waals surface area contributed by atoms with Crippen LogP contribution in [0.25, 0.3) is 5.69 Å². The molecular weight excluding hydrogens is 214 g/mol. The third-order valence-electron chi connectivity index (χ3n) is 2.14. The van der Waals surface area contributed by atoms with Crippen LogP contribution in [0.15, 0.2) is 30.5 Å². The Labute approximate surface area is 98.5 Å². The van der Waals surface area contributed by atoms with Crippen molar-refractivity contribution in [3.8, 4) is 23.6 Å². The molecule has 1 heterocycles. The van der Waals surface area contributed by atoms with Crippen molar-refractivity contribution in [3.63, 3.8) is 0 Å². The molecule has 0 aliphatic carbocycles. The van der Waals surface area contributed by atoms with Crippen LogP contribution in [-0.4, -0.2) is 15.0 Å². The minimum atomic E-state index is 0.367. The smallest absolute Gasteiger partial charge is 0.152 e. The van der Waals surface area contributed by atoms with Gasteiger partial charge in [0.1, 0.15) is 0 Å². The molecule has 5 nitrogen and oxygen atoms in total. The van der Waals surface area contributed by atoms with Gasteiger partial charge in [-0.1, -0.05) is 11.1 Å². The molecule has 1 aromatic heterocycles. The molecule has 2 N–H and O–H groups in total. The van der Waals surface area contributed by atoms with Crippen LogP contribution in [0.2, 0.25) is 0 Å². The van der Waals surface area contributed by atoms with Gasteiger partial charge < -0.3 is 5.73 Å². The van der Waals surface area contributed by atoms with Gasteiger partial charge in [-0.3, -0.25) is 0 Å². The first-order valence-corrected chi connectivity index (χ1v) is 4.95. The van der Waals surface area contributed by atoms with Gasteiger partial charge >= 0.3 is 0 Å². The van der Waals surface area contributed by atoms with E-state index in [4.69, 9.17) is 11.0 Å². The zero-order valence-corrected chi connectivity index (χ0v) is 8.96. The molecule has 2 rings (SSSR count). The fourth-order valence-corrected chi connectivity index (χ4v) is 1.32. The van der Waals surface area contributed by atoms with Gasteiger partial charge in [-0.25, -0.2) is 4.68 Å². The fraction of sp³-hybridized carbons (Fsp3) is 0.0833. The van der Waals surface area contributed by atoms with Crippen LogP contribution in [0.1, 0.15) is 11.3 Å². The van der Waals surface area contributed by atoms with Crippen LogP contribution in [0.3, 0.4) is 0 Å². The van der Waals surface area contributed by atoms with E-state index in [0.29, 0.717) is 6.54 Å². The van der Waals surface area contributed by atoms with Crippen molar-refractivity contribution in [2.24, 2.45) is 5.73 Å². The predicted molar refractivity (Wildman–Crippen MR) is 61.7 cm³/mol. The van der Waals surface area contributed by atoms with Crippen LogP contribution in [0, 0.1) is 23.2 Å². The molecule has 0 spiro atoms. The molecule has 5 heteroatoms. The lowest BCUT2D eigenvalue weighted by Crippen LogP contribution is -1.96. The van der Waals surface area contributed by atoms with Crippen molar-refractivity contribution >= 4 is 0 Å². The van der Waals surface area contributed by atoms with Crippen molar-refractivity contribution in [1.29, 1.82) is 5.26 Å². The Morgan fingerprint density at radius 1 is 1.29 bits per heavy atom. The number of aromatic nitrogens is 3. The van der Waals surface area contributed by atoms with Crippen LogP contribution in [-0.2, 0) is 6.54 Å². The molecule has 0 bridgehead atoms. The zero-order chi connectivity index (χ0) is 12.1. The van der Waals surface area contributed by atoms with Crippen molar-refractivity contribution in [1.82, 2.24) is 15.0 Å². The summed E-state index contributed by atoms with van der Waals surface area (Å²) in [6, 6.07) is 9.13. The molecule has 0 radical (unpaired) electrons. The number of hydrogen-bond donors (Lipinski definition) is 1. The third kappa shape index (κ3) is 2.49. The molecule has 2 aromatic rings. The average molecular weight is 223 g/mol. The standard InChI is InChI=1S/C12H9N5/c13-7-1-2-10-3-5-12(6-4-10)17-9-11(8-14)15-16-17/h3-6,9H,8,14H2. The third-order valence-corrected chi connectivity index (χ3v) is 2.14. The van der Waals surface area contributed by atoms with E-state index in [1.165, 1.54) is 0 Å². The lowest BCUT2D eigenvalue weighted by Gasteiger charge is -1.98. The highest BCUT2D eigenvalue weighted by atomic mass is 15.4. The first kappa shape index (κ1) is 10.9. The van der Waals surface area contributed by atoms with E-state index in [0.717, 1.165) is 16.9 Å². The SMILES string of the molecule is N#CC#Cc1ccc(-n2cc(CN)nn2)cc1. The Morgan fingerprint density at radius 2 is 2.06 bits per heavy atom. The minimum absolute atomic E-state index is 0.367. The summed E-state index contributed by atoms with van der Waals surface area (Å²) < 4.78 is 1.64. The highest BCUT2D eigenvalue weighted by Crippen LogP contribution is 2.08. The number of nitrogens with zero attached hydrogens (tertiary/aromatic N) is 4. The van der Waals surface area contributed by atoms with E-state index >= 15 is 0 Å². The highest BCUT2D eigenvalue weighted by molar-refractivity contribution is 5.42. The first-order valence-electron chi connectivity index (χ1n) is 4.95. The van der Waals surface area contributed by atoms with E-state index in [1.54, 1.807) is 16.9 Å². The maximum atomic E-state index is 8.33. The van der Waals surface area contributed by atoms with Gasteiger partial charge in [0, 0.05) is 18.0 Å². The summed E-state index contributed by atoms with van der Waals surface area (Å²) in [6.07, 6.45) is 1.77. The monoisotopic (exact) mass is 223 g/mol. The number of benzene rings is 1. The van der Waals surface area contributed by atoms with Crippen LogP contribution >= 0.6 is 0 Å². The number of rotatable bonds is 2. The zero-order valence-electron chi connectivity index (χ0n) is 8.96. The van der Waals surface area contributed by atoms with Crippen molar-refractivity contribution in [2.75, 3.05) is 0 Å².